The van der Waals surface area contributed by atoms with Gasteiger partial charge in [-0.05, 0) is 43.3 Å². The molecule has 1 unspecified atom stereocenters. The lowest BCUT2D eigenvalue weighted by molar-refractivity contribution is 0.190. The van der Waals surface area contributed by atoms with Crippen molar-refractivity contribution in [2.45, 2.75) is 25.7 Å². The Hall–Kier alpha value is -1.61. The molecule has 0 saturated carbocycles. The van der Waals surface area contributed by atoms with Crippen LogP contribution >= 0.6 is 0 Å². The van der Waals surface area contributed by atoms with Crippen LogP contribution in [-0.2, 0) is 0 Å². The molecule has 20 heavy (non-hydrogen) atoms. The minimum Gasteiger partial charge on any atom is -0.386 e. The van der Waals surface area contributed by atoms with Gasteiger partial charge in [0, 0.05) is 6.20 Å². The van der Waals surface area contributed by atoms with Crippen LogP contribution in [0.5, 0.6) is 0 Å². The first-order valence-electron chi connectivity index (χ1n) is 7.41. The normalized spacial score (nSPS) is 19.8. The van der Waals surface area contributed by atoms with Gasteiger partial charge in [-0.15, -0.1) is 0 Å². The summed E-state index contributed by atoms with van der Waals surface area (Å²) in [4.78, 5) is 6.42. The molecule has 108 valence electrons. The molecule has 1 atom stereocenters. The molecule has 1 aromatic carbocycles. The van der Waals surface area contributed by atoms with E-state index in [1.54, 1.807) is 0 Å². The third kappa shape index (κ3) is 3.94. The Balaban J connectivity index is 1.85. The van der Waals surface area contributed by atoms with Gasteiger partial charge in [0.05, 0.1) is 6.54 Å². The van der Waals surface area contributed by atoms with Gasteiger partial charge in [0.15, 0.2) is 0 Å². The first kappa shape index (κ1) is 14.8. The SMILES string of the molecule is C=CN=C(N)CN1CCC(C(C)c2ccccc2)CC1. The Morgan fingerprint density at radius 3 is 2.65 bits per heavy atom. The highest BCUT2D eigenvalue weighted by Crippen LogP contribution is 2.32. The number of rotatable bonds is 5. The van der Waals surface area contributed by atoms with E-state index in [1.807, 2.05) is 0 Å². The van der Waals surface area contributed by atoms with Crippen LogP contribution in [0.2, 0.25) is 0 Å². The lowest BCUT2D eigenvalue weighted by atomic mass is 9.81. The van der Waals surface area contributed by atoms with Gasteiger partial charge >= 0.3 is 0 Å². The number of nitrogens with two attached hydrogens (primary N) is 1. The van der Waals surface area contributed by atoms with Crippen LogP contribution in [0, 0.1) is 5.92 Å². The lowest BCUT2D eigenvalue weighted by Crippen LogP contribution is -2.40. The molecule has 2 N–H and O–H groups in total. The van der Waals surface area contributed by atoms with Gasteiger partial charge in [-0.25, -0.2) is 4.99 Å². The number of likely N-dealkylation sites (tertiary alicyclic amines) is 1. The summed E-state index contributed by atoms with van der Waals surface area (Å²) in [5.74, 6) is 2.07. The Kier molecular flexibility index (Phi) is 5.36. The van der Waals surface area contributed by atoms with Crippen molar-refractivity contribution in [2.75, 3.05) is 19.6 Å². The fraction of sp³-hybridized carbons (Fsp3) is 0.471. The number of hydrogen-bond acceptors (Lipinski definition) is 2. The van der Waals surface area contributed by atoms with Crippen LogP contribution in [0.15, 0.2) is 48.1 Å². The number of benzene rings is 1. The largest absolute Gasteiger partial charge is 0.386 e. The van der Waals surface area contributed by atoms with Crippen LogP contribution in [-0.4, -0.2) is 30.4 Å². The zero-order valence-corrected chi connectivity index (χ0v) is 12.3. The van der Waals surface area contributed by atoms with Crippen molar-refractivity contribution in [3.63, 3.8) is 0 Å². The minimum absolute atomic E-state index is 0.637. The van der Waals surface area contributed by atoms with E-state index in [2.05, 4.69) is 53.7 Å². The molecule has 0 aromatic heterocycles. The van der Waals surface area contributed by atoms with E-state index in [-0.39, 0.29) is 0 Å². The minimum atomic E-state index is 0.637. The third-order valence-electron chi connectivity index (χ3n) is 4.31. The summed E-state index contributed by atoms with van der Waals surface area (Å²) in [7, 11) is 0. The van der Waals surface area contributed by atoms with Crippen LogP contribution in [0.4, 0.5) is 0 Å². The van der Waals surface area contributed by atoms with Crippen LogP contribution in [0.25, 0.3) is 0 Å². The van der Waals surface area contributed by atoms with E-state index in [1.165, 1.54) is 24.6 Å². The molecule has 1 aromatic rings. The van der Waals surface area contributed by atoms with Gasteiger partial charge in [-0.2, -0.15) is 0 Å². The molecule has 2 rings (SSSR count). The summed E-state index contributed by atoms with van der Waals surface area (Å²) < 4.78 is 0. The molecule has 0 amide bonds. The van der Waals surface area contributed by atoms with Crippen molar-refractivity contribution in [3.05, 3.63) is 48.7 Å². The van der Waals surface area contributed by atoms with Crippen molar-refractivity contribution >= 4 is 5.84 Å². The van der Waals surface area contributed by atoms with Crippen molar-refractivity contribution in [2.24, 2.45) is 16.6 Å². The van der Waals surface area contributed by atoms with Crippen molar-refractivity contribution in [1.29, 1.82) is 0 Å². The lowest BCUT2D eigenvalue weighted by Gasteiger charge is -2.34. The van der Waals surface area contributed by atoms with E-state index in [4.69, 9.17) is 5.73 Å². The average Bonchev–Trinajstić information content (AvgIpc) is 2.48. The second-order valence-electron chi connectivity index (χ2n) is 5.62. The highest BCUT2D eigenvalue weighted by molar-refractivity contribution is 5.82. The Morgan fingerprint density at radius 1 is 1.40 bits per heavy atom. The zero-order chi connectivity index (χ0) is 14.4. The second kappa shape index (κ2) is 7.25. The van der Waals surface area contributed by atoms with E-state index >= 15 is 0 Å². The average molecular weight is 271 g/mol. The molecule has 0 radical (unpaired) electrons. The third-order valence-corrected chi connectivity index (χ3v) is 4.31. The molecular formula is C17H25N3. The number of amidine groups is 1. The van der Waals surface area contributed by atoms with E-state index < -0.39 is 0 Å². The molecule has 1 saturated heterocycles. The zero-order valence-electron chi connectivity index (χ0n) is 12.3. The number of hydrogen-bond donors (Lipinski definition) is 1. The summed E-state index contributed by atoms with van der Waals surface area (Å²) in [6.07, 6.45) is 3.98. The van der Waals surface area contributed by atoms with Gasteiger partial charge in [0.1, 0.15) is 5.84 Å². The summed E-state index contributed by atoms with van der Waals surface area (Å²) in [5.41, 5.74) is 7.29. The maximum atomic E-state index is 5.84. The van der Waals surface area contributed by atoms with Crippen molar-refractivity contribution in [3.8, 4) is 0 Å². The predicted molar refractivity (Wildman–Crippen MR) is 85.8 cm³/mol. The molecule has 3 heteroatoms. The highest BCUT2D eigenvalue weighted by Gasteiger charge is 2.24. The summed E-state index contributed by atoms with van der Waals surface area (Å²) in [5, 5.41) is 0. The van der Waals surface area contributed by atoms with E-state index in [9.17, 15) is 0 Å². The Labute approximate surface area is 122 Å². The first-order valence-corrected chi connectivity index (χ1v) is 7.41. The maximum absolute atomic E-state index is 5.84. The highest BCUT2D eigenvalue weighted by atomic mass is 15.1. The molecule has 3 nitrogen and oxygen atoms in total. The van der Waals surface area contributed by atoms with Gasteiger partial charge in [-0.1, -0.05) is 43.8 Å². The number of nitrogens with zero attached hydrogens (tertiary/aromatic N) is 2. The summed E-state index contributed by atoms with van der Waals surface area (Å²) in [6, 6.07) is 10.8. The molecule has 0 aliphatic carbocycles. The van der Waals surface area contributed by atoms with Gasteiger partial charge in [-0.3, -0.25) is 4.90 Å². The monoisotopic (exact) mass is 271 g/mol. The maximum Gasteiger partial charge on any atom is 0.113 e. The smallest absolute Gasteiger partial charge is 0.113 e. The Morgan fingerprint density at radius 2 is 2.05 bits per heavy atom. The second-order valence-corrected chi connectivity index (χ2v) is 5.62. The predicted octanol–water partition coefficient (Wildman–Crippen LogP) is 3.00. The topological polar surface area (TPSA) is 41.6 Å². The van der Waals surface area contributed by atoms with Crippen molar-refractivity contribution in [1.82, 2.24) is 4.90 Å². The standard InChI is InChI=1S/C17H25N3/c1-3-19-17(18)13-20-11-9-16(10-12-20)14(2)15-7-5-4-6-8-15/h3-8,14,16H,1,9-13H2,2H3,(H2,18,19). The van der Waals surface area contributed by atoms with Gasteiger partial charge in [0.25, 0.3) is 0 Å². The molecule has 0 spiro atoms. The fourth-order valence-corrected chi connectivity index (χ4v) is 3.03. The van der Waals surface area contributed by atoms with Gasteiger partial charge in [0.2, 0.25) is 0 Å². The van der Waals surface area contributed by atoms with Crippen LogP contribution in [0.3, 0.4) is 0 Å². The van der Waals surface area contributed by atoms with Crippen molar-refractivity contribution < 1.29 is 0 Å². The quantitative estimate of drug-likeness (QED) is 0.660. The molecular weight excluding hydrogens is 246 g/mol. The van der Waals surface area contributed by atoms with Gasteiger partial charge < -0.3 is 5.73 Å². The molecule has 1 aliphatic heterocycles. The molecule has 1 heterocycles. The first-order chi connectivity index (χ1) is 9.70. The van der Waals surface area contributed by atoms with Crippen LogP contribution < -0.4 is 5.73 Å². The number of piperidine rings is 1. The van der Waals surface area contributed by atoms with E-state index in [0.717, 1.165) is 25.6 Å². The number of aliphatic imine (C=N–C) groups is 1. The fourth-order valence-electron chi connectivity index (χ4n) is 3.03. The molecule has 0 bridgehead atoms. The van der Waals surface area contributed by atoms with Crippen LogP contribution in [0.1, 0.15) is 31.2 Å². The molecule has 1 fully saturated rings. The molecule has 1 aliphatic rings. The Bertz CT molecular complexity index is 445. The van der Waals surface area contributed by atoms with E-state index in [0.29, 0.717) is 11.8 Å². The summed E-state index contributed by atoms with van der Waals surface area (Å²) in [6.45, 7) is 8.90. The summed E-state index contributed by atoms with van der Waals surface area (Å²) >= 11 is 0.